The lowest BCUT2D eigenvalue weighted by Crippen LogP contribution is -2.08. The van der Waals surface area contributed by atoms with E-state index < -0.39 is 22.4 Å². The van der Waals surface area contributed by atoms with Gasteiger partial charge in [-0.15, -0.1) is 0 Å². The second kappa shape index (κ2) is 5.12. The molecule has 0 unspecified atom stereocenters. The van der Waals surface area contributed by atoms with E-state index in [1.807, 2.05) is 0 Å². The summed E-state index contributed by atoms with van der Waals surface area (Å²) in [5.41, 5.74) is 0.365. The van der Waals surface area contributed by atoms with Crippen LogP contribution in [0.5, 0.6) is 0 Å². The maximum Gasteiger partial charge on any atom is 0.352 e. The van der Waals surface area contributed by atoms with Gasteiger partial charge in [-0.3, -0.25) is 10.1 Å². The average molecular weight is 278 g/mol. The summed E-state index contributed by atoms with van der Waals surface area (Å²) in [5.74, 6) is -2.03. The highest BCUT2D eigenvalue weighted by molar-refractivity contribution is 5.87. The van der Waals surface area contributed by atoms with Crippen LogP contribution < -0.4 is 0 Å². The van der Waals surface area contributed by atoms with Gasteiger partial charge in [-0.05, 0) is 31.2 Å². The van der Waals surface area contributed by atoms with E-state index in [1.54, 1.807) is 13.0 Å². The molecule has 2 aromatic rings. The molecule has 104 valence electrons. The molecule has 1 aromatic heterocycles. The van der Waals surface area contributed by atoms with Crippen molar-refractivity contribution < 1.29 is 19.2 Å². The lowest BCUT2D eigenvalue weighted by molar-refractivity contribution is -0.387. The second-order valence-electron chi connectivity index (χ2n) is 4.08. The molecule has 0 bridgehead atoms. The summed E-state index contributed by atoms with van der Waals surface area (Å²) < 4.78 is 15.1. The van der Waals surface area contributed by atoms with Gasteiger partial charge in [0.15, 0.2) is 0 Å². The Morgan fingerprint density at radius 1 is 1.40 bits per heavy atom. The van der Waals surface area contributed by atoms with Gasteiger partial charge in [0.2, 0.25) is 5.82 Å². The fraction of sp³-hybridized carbons (Fsp3) is 0.154. The molecule has 2 rings (SSSR count). The summed E-state index contributed by atoms with van der Waals surface area (Å²) >= 11 is 0. The Morgan fingerprint density at radius 2 is 2.10 bits per heavy atom. The zero-order valence-corrected chi connectivity index (χ0v) is 10.5. The zero-order valence-electron chi connectivity index (χ0n) is 10.5. The van der Waals surface area contributed by atoms with Crippen LogP contribution in [0.1, 0.15) is 17.4 Å². The summed E-state index contributed by atoms with van der Waals surface area (Å²) in [6.07, 6.45) is 0. The van der Waals surface area contributed by atoms with E-state index in [-0.39, 0.29) is 5.69 Å². The third kappa shape index (κ3) is 2.25. The second-order valence-corrected chi connectivity index (χ2v) is 4.08. The maximum absolute atomic E-state index is 13.6. The van der Waals surface area contributed by atoms with Gasteiger partial charge in [0.1, 0.15) is 5.69 Å². The number of carboxylic acid groups (broad SMARTS) is 1. The normalized spacial score (nSPS) is 10.5. The van der Waals surface area contributed by atoms with Crippen molar-refractivity contribution in [2.24, 2.45) is 0 Å². The fourth-order valence-electron chi connectivity index (χ4n) is 2.06. The van der Waals surface area contributed by atoms with Crippen LogP contribution in [0.3, 0.4) is 0 Å². The fourth-order valence-corrected chi connectivity index (χ4v) is 2.06. The quantitative estimate of drug-likeness (QED) is 0.688. The van der Waals surface area contributed by atoms with Gasteiger partial charge in [-0.25, -0.2) is 4.79 Å². The first-order valence-corrected chi connectivity index (χ1v) is 5.82. The molecule has 0 amide bonds. The van der Waals surface area contributed by atoms with Crippen LogP contribution in [0, 0.1) is 15.9 Å². The zero-order chi connectivity index (χ0) is 14.9. The van der Waals surface area contributed by atoms with Gasteiger partial charge in [0.25, 0.3) is 0 Å². The van der Waals surface area contributed by atoms with Gasteiger partial charge >= 0.3 is 11.7 Å². The van der Waals surface area contributed by atoms with Gasteiger partial charge in [-0.1, -0.05) is 0 Å². The van der Waals surface area contributed by atoms with E-state index in [2.05, 4.69) is 0 Å². The molecule has 0 saturated carbocycles. The van der Waals surface area contributed by atoms with Gasteiger partial charge in [-0.2, -0.15) is 4.39 Å². The number of nitro groups is 1. The lowest BCUT2D eigenvalue weighted by atomic mass is 10.1. The van der Waals surface area contributed by atoms with E-state index in [9.17, 15) is 19.3 Å². The van der Waals surface area contributed by atoms with Gasteiger partial charge in [0.05, 0.1) is 4.92 Å². The molecule has 0 aliphatic rings. The van der Waals surface area contributed by atoms with E-state index >= 15 is 0 Å². The molecule has 0 saturated heterocycles. The van der Waals surface area contributed by atoms with Crippen molar-refractivity contribution in [2.45, 2.75) is 13.5 Å². The molecule has 20 heavy (non-hydrogen) atoms. The highest BCUT2D eigenvalue weighted by Crippen LogP contribution is 2.27. The third-order valence-electron chi connectivity index (χ3n) is 2.96. The van der Waals surface area contributed by atoms with Gasteiger partial charge < -0.3 is 9.67 Å². The Balaban J connectivity index is 2.55. The monoisotopic (exact) mass is 278 g/mol. The molecule has 6 nitrogen and oxygen atoms in total. The number of aromatic nitrogens is 1. The number of nitro benzene ring substituents is 1. The van der Waals surface area contributed by atoms with Crippen molar-refractivity contribution in [1.29, 1.82) is 0 Å². The van der Waals surface area contributed by atoms with Crippen LogP contribution in [0.15, 0.2) is 30.3 Å². The molecule has 1 aromatic carbocycles. The summed E-state index contributed by atoms with van der Waals surface area (Å²) in [6, 6.07) is 6.46. The first kappa shape index (κ1) is 13.7. The Labute approximate surface area is 113 Å². The van der Waals surface area contributed by atoms with E-state index in [0.29, 0.717) is 17.8 Å². The summed E-state index contributed by atoms with van der Waals surface area (Å²) in [5, 5.41) is 19.6. The first-order chi connectivity index (χ1) is 9.45. The van der Waals surface area contributed by atoms with Crippen LogP contribution >= 0.6 is 0 Å². The molecular formula is C13H11FN2O4. The van der Waals surface area contributed by atoms with Crippen molar-refractivity contribution >= 4 is 11.7 Å². The number of halogens is 1. The minimum atomic E-state index is -1.08. The molecular weight excluding hydrogens is 267 g/mol. The van der Waals surface area contributed by atoms with Crippen LogP contribution in [-0.2, 0) is 6.54 Å². The first-order valence-electron chi connectivity index (χ1n) is 5.82. The number of nitrogens with zero attached hydrogens (tertiary/aromatic N) is 2. The topological polar surface area (TPSA) is 85.4 Å². The Kier molecular flexibility index (Phi) is 3.51. The number of carboxylic acids is 1. The number of aromatic carboxylic acids is 1. The van der Waals surface area contributed by atoms with Crippen LogP contribution in [0.2, 0.25) is 0 Å². The summed E-state index contributed by atoms with van der Waals surface area (Å²) in [7, 11) is 0. The van der Waals surface area contributed by atoms with E-state index in [0.717, 1.165) is 12.1 Å². The summed E-state index contributed by atoms with van der Waals surface area (Å²) in [6.45, 7) is 2.15. The van der Waals surface area contributed by atoms with Crippen LogP contribution in [0.4, 0.5) is 10.1 Å². The number of rotatable bonds is 4. The maximum atomic E-state index is 13.6. The predicted molar refractivity (Wildman–Crippen MR) is 69.1 cm³/mol. The number of hydrogen-bond acceptors (Lipinski definition) is 3. The molecule has 1 heterocycles. The lowest BCUT2D eigenvalue weighted by Gasteiger charge is -2.09. The minimum absolute atomic E-state index is 0.0845. The number of benzene rings is 1. The largest absolute Gasteiger partial charge is 0.477 e. The summed E-state index contributed by atoms with van der Waals surface area (Å²) in [4.78, 5) is 20.8. The van der Waals surface area contributed by atoms with Crippen molar-refractivity contribution in [2.75, 3.05) is 0 Å². The molecule has 0 fully saturated rings. The van der Waals surface area contributed by atoms with E-state index in [4.69, 9.17) is 5.11 Å². The molecule has 0 aliphatic carbocycles. The van der Waals surface area contributed by atoms with Crippen molar-refractivity contribution in [3.63, 3.8) is 0 Å². The molecule has 1 N–H and O–H groups in total. The van der Waals surface area contributed by atoms with Crippen molar-refractivity contribution in [3.8, 4) is 11.3 Å². The molecule has 0 aliphatic heterocycles. The molecule has 7 heteroatoms. The van der Waals surface area contributed by atoms with Crippen molar-refractivity contribution in [3.05, 3.63) is 52.0 Å². The standard InChI is InChI=1S/C13H11FN2O4/c1-2-15-10(5-6-12(15)13(17)18)8-3-4-11(16(19)20)9(14)7-8/h3-7H,2H2,1H3,(H,17,18). The number of carbonyl (C=O) groups is 1. The molecule has 0 radical (unpaired) electrons. The van der Waals surface area contributed by atoms with E-state index in [1.165, 1.54) is 16.7 Å². The number of hydrogen-bond donors (Lipinski definition) is 1. The average Bonchev–Trinajstić information content (AvgIpc) is 2.81. The third-order valence-corrected chi connectivity index (χ3v) is 2.96. The Bertz CT molecular complexity index is 694. The predicted octanol–water partition coefficient (Wildman–Crippen LogP) is 2.92. The van der Waals surface area contributed by atoms with Crippen molar-refractivity contribution in [1.82, 2.24) is 4.57 Å². The Hall–Kier alpha value is -2.70. The molecule has 0 atom stereocenters. The smallest absolute Gasteiger partial charge is 0.352 e. The molecule has 0 spiro atoms. The highest BCUT2D eigenvalue weighted by Gasteiger charge is 2.18. The van der Waals surface area contributed by atoms with Crippen LogP contribution in [-0.4, -0.2) is 20.6 Å². The highest BCUT2D eigenvalue weighted by atomic mass is 19.1. The Morgan fingerprint density at radius 3 is 2.60 bits per heavy atom. The minimum Gasteiger partial charge on any atom is -0.477 e. The SMILES string of the molecule is CCn1c(C(=O)O)ccc1-c1ccc([N+](=O)[O-])c(F)c1. The van der Waals surface area contributed by atoms with Crippen LogP contribution in [0.25, 0.3) is 11.3 Å². The van der Waals surface area contributed by atoms with Gasteiger partial charge in [0, 0.05) is 23.9 Å².